The van der Waals surface area contributed by atoms with Gasteiger partial charge in [0.05, 0.1) is 17.9 Å². The summed E-state index contributed by atoms with van der Waals surface area (Å²) in [5.74, 6) is -0.513. The Morgan fingerprint density at radius 3 is 2.93 bits per heavy atom. The lowest BCUT2D eigenvalue weighted by molar-refractivity contribution is 0.502. The van der Waals surface area contributed by atoms with Gasteiger partial charge in [0.25, 0.3) is 0 Å². The molecule has 1 aliphatic rings. The van der Waals surface area contributed by atoms with Crippen LogP contribution in [0.5, 0.6) is 0 Å². The Hall–Kier alpha value is -3.15. The Morgan fingerprint density at radius 1 is 1.21 bits per heavy atom. The second-order valence-electron chi connectivity index (χ2n) is 6.26. The molecule has 0 unspecified atom stereocenters. The molecule has 5 nitrogen and oxygen atoms in total. The molecule has 4 heterocycles. The number of hydrogen-bond donors (Lipinski definition) is 0. The zero-order valence-electron chi connectivity index (χ0n) is 15.3. The summed E-state index contributed by atoms with van der Waals surface area (Å²) in [6.07, 6.45) is 9.27. The third-order valence-corrected chi connectivity index (χ3v) is 5.07. The summed E-state index contributed by atoms with van der Waals surface area (Å²) < 4.78 is 13.6. The van der Waals surface area contributed by atoms with E-state index in [0.29, 0.717) is 17.9 Å². The van der Waals surface area contributed by atoms with E-state index in [1.54, 1.807) is 35.7 Å². The fraction of sp³-hybridized carbons (Fsp3) is 0.190. The van der Waals surface area contributed by atoms with Crippen LogP contribution in [0.25, 0.3) is 16.4 Å². The lowest BCUT2D eigenvalue weighted by Crippen LogP contribution is -2.19. The minimum absolute atomic E-state index is 0.505. The molecule has 28 heavy (non-hydrogen) atoms. The summed E-state index contributed by atoms with van der Waals surface area (Å²) in [7, 11) is 0. The van der Waals surface area contributed by atoms with Gasteiger partial charge in [-0.25, -0.2) is 9.97 Å². The molecule has 0 N–H and O–H groups in total. The number of rotatable bonds is 6. The van der Waals surface area contributed by atoms with Crippen molar-refractivity contribution < 1.29 is 4.39 Å². The van der Waals surface area contributed by atoms with Crippen LogP contribution < -0.4 is 0 Å². The standard InChI is InChI=1S/C21H18FN5S/c1-2-6-15-13-17(21-23-10-12-28-21)25-26-18(15)14-27-11-4-3-8-19(27)16-7-5-9-20(22)24-16/h3-5,7,9-13H,2,6,14H2,1H3. The van der Waals surface area contributed by atoms with E-state index in [9.17, 15) is 4.39 Å². The SMILES string of the molecule is CCCc1cc(-c2nccs2)nnc1CN1C=CC=C=C1c1cccc(F)n1. The number of hydrogen-bond acceptors (Lipinski definition) is 6. The normalized spacial score (nSPS) is 13.1. The van der Waals surface area contributed by atoms with Gasteiger partial charge in [-0.05, 0) is 42.3 Å². The van der Waals surface area contributed by atoms with Crippen molar-refractivity contribution in [1.82, 2.24) is 25.1 Å². The van der Waals surface area contributed by atoms with E-state index in [1.807, 2.05) is 22.6 Å². The Kier molecular flexibility index (Phi) is 5.37. The van der Waals surface area contributed by atoms with E-state index in [1.165, 1.54) is 6.07 Å². The van der Waals surface area contributed by atoms with Gasteiger partial charge < -0.3 is 4.90 Å². The van der Waals surface area contributed by atoms with Crippen molar-refractivity contribution in [2.45, 2.75) is 26.3 Å². The molecule has 0 saturated heterocycles. The molecule has 0 radical (unpaired) electrons. The van der Waals surface area contributed by atoms with Crippen LogP contribution in [0.1, 0.15) is 30.3 Å². The molecule has 1 aliphatic heterocycles. The van der Waals surface area contributed by atoms with Gasteiger partial charge in [0.1, 0.15) is 16.4 Å². The summed E-state index contributed by atoms with van der Waals surface area (Å²) >= 11 is 1.55. The van der Waals surface area contributed by atoms with Crippen LogP contribution in [-0.4, -0.2) is 25.1 Å². The zero-order chi connectivity index (χ0) is 19.3. The van der Waals surface area contributed by atoms with Crippen molar-refractivity contribution in [3.8, 4) is 10.7 Å². The van der Waals surface area contributed by atoms with Gasteiger partial charge in [-0.1, -0.05) is 25.1 Å². The Labute approximate surface area is 166 Å². The first-order chi connectivity index (χ1) is 13.7. The fourth-order valence-corrected chi connectivity index (χ4v) is 3.61. The van der Waals surface area contributed by atoms with Crippen molar-refractivity contribution in [2.24, 2.45) is 0 Å². The molecule has 0 bridgehead atoms. The first-order valence-corrected chi connectivity index (χ1v) is 9.91. The number of nitrogens with zero attached hydrogens (tertiary/aromatic N) is 5. The van der Waals surface area contributed by atoms with Crippen LogP contribution in [-0.2, 0) is 13.0 Å². The average molecular weight is 391 g/mol. The quantitative estimate of drug-likeness (QED) is 0.454. The number of pyridine rings is 1. The summed E-state index contributed by atoms with van der Waals surface area (Å²) in [4.78, 5) is 10.3. The largest absolute Gasteiger partial charge is 0.334 e. The molecular formula is C21H18FN5S. The highest BCUT2D eigenvalue weighted by Crippen LogP contribution is 2.25. The highest BCUT2D eigenvalue weighted by molar-refractivity contribution is 7.13. The van der Waals surface area contributed by atoms with E-state index in [-0.39, 0.29) is 0 Å². The van der Waals surface area contributed by atoms with Crippen molar-refractivity contribution in [3.05, 3.63) is 82.8 Å². The molecule has 3 aromatic heterocycles. The third-order valence-electron chi connectivity index (χ3n) is 4.28. The number of aryl methyl sites for hydroxylation is 1. The van der Waals surface area contributed by atoms with E-state index in [0.717, 1.165) is 34.8 Å². The summed E-state index contributed by atoms with van der Waals surface area (Å²) in [5, 5.41) is 11.7. The van der Waals surface area contributed by atoms with Gasteiger partial charge in [-0.2, -0.15) is 9.49 Å². The lowest BCUT2D eigenvalue weighted by atomic mass is 10.1. The second-order valence-corrected chi connectivity index (χ2v) is 7.16. The molecule has 140 valence electrons. The summed E-state index contributed by atoms with van der Waals surface area (Å²) in [6.45, 7) is 2.64. The van der Waals surface area contributed by atoms with Crippen molar-refractivity contribution >= 4 is 17.0 Å². The molecular weight excluding hydrogens is 373 g/mol. The smallest absolute Gasteiger partial charge is 0.213 e. The number of allylic oxidation sites excluding steroid dienone is 2. The van der Waals surface area contributed by atoms with Gasteiger partial charge in [-0.3, -0.25) is 0 Å². The maximum atomic E-state index is 13.6. The van der Waals surface area contributed by atoms with E-state index in [4.69, 9.17) is 0 Å². The third kappa shape index (κ3) is 3.91. The van der Waals surface area contributed by atoms with Gasteiger partial charge in [0.2, 0.25) is 5.95 Å². The van der Waals surface area contributed by atoms with Gasteiger partial charge in [-0.15, -0.1) is 16.4 Å². The first kappa shape index (κ1) is 18.2. The molecule has 0 aromatic carbocycles. The highest BCUT2D eigenvalue weighted by Gasteiger charge is 2.17. The van der Waals surface area contributed by atoms with E-state index >= 15 is 0 Å². The number of aromatic nitrogens is 4. The molecule has 0 saturated carbocycles. The lowest BCUT2D eigenvalue weighted by Gasteiger charge is -2.23. The number of thiazole rings is 1. The van der Waals surface area contributed by atoms with Crippen LogP contribution in [0.4, 0.5) is 4.39 Å². The predicted octanol–water partition coefficient (Wildman–Crippen LogP) is 4.61. The molecule has 0 aliphatic carbocycles. The topological polar surface area (TPSA) is 54.8 Å². The van der Waals surface area contributed by atoms with E-state index < -0.39 is 5.95 Å². The summed E-state index contributed by atoms with van der Waals surface area (Å²) in [5.41, 5.74) is 7.21. The molecule has 7 heteroatoms. The van der Waals surface area contributed by atoms with Crippen molar-refractivity contribution in [3.63, 3.8) is 0 Å². The first-order valence-electron chi connectivity index (χ1n) is 9.03. The monoisotopic (exact) mass is 391 g/mol. The Bertz CT molecular complexity index is 1070. The fourth-order valence-electron chi connectivity index (χ4n) is 3.01. The maximum Gasteiger partial charge on any atom is 0.213 e. The predicted molar refractivity (Wildman–Crippen MR) is 108 cm³/mol. The van der Waals surface area contributed by atoms with Crippen LogP contribution in [0.3, 0.4) is 0 Å². The summed E-state index contributed by atoms with van der Waals surface area (Å²) in [6, 6.07) is 6.82. The highest BCUT2D eigenvalue weighted by atomic mass is 32.1. The van der Waals surface area contributed by atoms with Gasteiger partial charge in [0.15, 0.2) is 0 Å². The van der Waals surface area contributed by atoms with Crippen LogP contribution in [0.2, 0.25) is 0 Å². The van der Waals surface area contributed by atoms with Crippen LogP contribution in [0.15, 0.2) is 59.9 Å². The molecule has 3 aromatic rings. The molecule has 0 spiro atoms. The van der Waals surface area contributed by atoms with Crippen LogP contribution >= 0.6 is 11.3 Å². The Morgan fingerprint density at radius 2 is 2.14 bits per heavy atom. The van der Waals surface area contributed by atoms with Gasteiger partial charge in [0, 0.05) is 17.8 Å². The minimum atomic E-state index is -0.513. The van der Waals surface area contributed by atoms with Crippen LogP contribution in [0, 0.1) is 5.95 Å². The van der Waals surface area contributed by atoms with Gasteiger partial charge >= 0.3 is 0 Å². The zero-order valence-corrected chi connectivity index (χ0v) is 16.2. The average Bonchev–Trinajstić information content (AvgIpc) is 3.25. The maximum absolute atomic E-state index is 13.6. The molecule has 0 amide bonds. The molecule has 4 rings (SSSR count). The van der Waals surface area contributed by atoms with E-state index in [2.05, 4.69) is 38.9 Å². The van der Waals surface area contributed by atoms with Crippen molar-refractivity contribution in [1.29, 1.82) is 0 Å². The Balaban J connectivity index is 1.66. The number of halogens is 1. The molecule has 0 fully saturated rings. The second kappa shape index (κ2) is 8.25. The molecule has 0 atom stereocenters. The van der Waals surface area contributed by atoms with Crippen molar-refractivity contribution in [2.75, 3.05) is 0 Å². The minimum Gasteiger partial charge on any atom is -0.334 e.